The van der Waals surface area contributed by atoms with Gasteiger partial charge in [0, 0.05) is 6.42 Å². The lowest BCUT2D eigenvalue weighted by Crippen LogP contribution is -2.59. The quantitative estimate of drug-likeness (QED) is 0.485. The Kier molecular flexibility index (Phi) is 2.31. The van der Waals surface area contributed by atoms with Crippen molar-refractivity contribution in [3.63, 3.8) is 0 Å². The SMILES string of the molecule is O=C1CC2C3CCC(C2C(=O)O1)C1C2C[C@@H](C4C(=O)OC(=O)C24)C31. The van der Waals surface area contributed by atoms with Gasteiger partial charge in [-0.3, -0.25) is 19.2 Å². The molecule has 2 heterocycles. The number of cyclic esters (lactones) is 4. The summed E-state index contributed by atoms with van der Waals surface area (Å²) in [5.41, 5.74) is 0. The number of carbonyl (C=O) groups is 4. The fourth-order valence-corrected chi connectivity index (χ4v) is 7.90. The molecular formula is C18H18O6. The minimum absolute atomic E-state index is 0.0738. The van der Waals surface area contributed by atoms with Crippen molar-refractivity contribution in [1.29, 1.82) is 0 Å². The van der Waals surface area contributed by atoms with Gasteiger partial charge in [0.15, 0.2) is 0 Å². The van der Waals surface area contributed by atoms with Gasteiger partial charge in [-0.1, -0.05) is 0 Å². The summed E-state index contributed by atoms with van der Waals surface area (Å²) in [5.74, 6) is -0.558. The normalized spacial score (nSPS) is 56.7. The van der Waals surface area contributed by atoms with Crippen molar-refractivity contribution < 1.29 is 28.7 Å². The van der Waals surface area contributed by atoms with Gasteiger partial charge in [0.2, 0.25) is 0 Å². The molecule has 0 amide bonds. The number of ether oxygens (including phenoxy) is 2. The van der Waals surface area contributed by atoms with Crippen LogP contribution in [0.5, 0.6) is 0 Å². The van der Waals surface area contributed by atoms with Gasteiger partial charge < -0.3 is 9.47 Å². The number of carbonyl (C=O) groups excluding carboxylic acids is 4. The van der Waals surface area contributed by atoms with Crippen LogP contribution in [0.3, 0.4) is 0 Å². The molecular weight excluding hydrogens is 312 g/mol. The summed E-state index contributed by atoms with van der Waals surface area (Å²) in [6.07, 6.45) is 3.23. The molecule has 6 heteroatoms. The van der Waals surface area contributed by atoms with E-state index < -0.39 is 5.97 Å². The predicted molar refractivity (Wildman–Crippen MR) is 75.6 cm³/mol. The molecule has 126 valence electrons. The minimum atomic E-state index is -0.401. The van der Waals surface area contributed by atoms with Gasteiger partial charge >= 0.3 is 23.9 Å². The molecule has 7 rings (SSSR count). The monoisotopic (exact) mass is 330 g/mol. The average molecular weight is 330 g/mol. The molecule has 5 saturated carbocycles. The van der Waals surface area contributed by atoms with Gasteiger partial charge in [0.05, 0.1) is 17.8 Å². The Hall–Kier alpha value is -1.72. The van der Waals surface area contributed by atoms with Crippen molar-refractivity contribution in [2.45, 2.75) is 25.7 Å². The maximum Gasteiger partial charge on any atom is 0.317 e. The number of hydrogen-bond acceptors (Lipinski definition) is 6. The van der Waals surface area contributed by atoms with Crippen LogP contribution in [0.2, 0.25) is 0 Å². The van der Waals surface area contributed by atoms with E-state index in [2.05, 4.69) is 0 Å². The molecule has 10 atom stereocenters. The van der Waals surface area contributed by atoms with E-state index >= 15 is 0 Å². The van der Waals surface area contributed by atoms with Crippen LogP contribution >= 0.6 is 0 Å². The summed E-state index contributed by atoms with van der Waals surface area (Å²) in [7, 11) is 0. The van der Waals surface area contributed by atoms with Crippen LogP contribution in [0.1, 0.15) is 25.7 Å². The van der Waals surface area contributed by atoms with Crippen LogP contribution in [0.25, 0.3) is 0 Å². The number of esters is 4. The molecule has 0 radical (unpaired) electrons. The van der Waals surface area contributed by atoms with E-state index in [1.165, 1.54) is 0 Å². The molecule has 0 aromatic carbocycles. The number of fused-ring (bicyclic) bond motifs is 6. The summed E-state index contributed by atoms with van der Waals surface area (Å²) < 4.78 is 9.88. The van der Waals surface area contributed by atoms with Crippen LogP contribution in [0, 0.1) is 59.2 Å². The van der Waals surface area contributed by atoms with Gasteiger partial charge in [-0.05, 0) is 60.7 Å². The molecule has 5 aliphatic carbocycles. The molecule has 0 aromatic heterocycles. The van der Waals surface area contributed by atoms with Crippen molar-refractivity contribution >= 4 is 23.9 Å². The van der Waals surface area contributed by atoms with Crippen LogP contribution in [-0.2, 0) is 28.7 Å². The Morgan fingerprint density at radius 1 is 0.625 bits per heavy atom. The molecule has 4 bridgehead atoms. The molecule has 0 N–H and O–H groups in total. The first-order chi connectivity index (χ1) is 11.6. The number of rotatable bonds is 0. The Morgan fingerprint density at radius 2 is 1.21 bits per heavy atom. The first-order valence-corrected chi connectivity index (χ1v) is 9.06. The summed E-state index contributed by atoms with van der Waals surface area (Å²) in [6.45, 7) is 0. The molecule has 0 spiro atoms. The number of hydrogen-bond donors (Lipinski definition) is 0. The van der Waals surface area contributed by atoms with Gasteiger partial charge in [0.25, 0.3) is 0 Å². The Morgan fingerprint density at radius 3 is 1.92 bits per heavy atom. The molecule has 2 aliphatic heterocycles. The third-order valence-electron chi connectivity index (χ3n) is 8.22. The fourth-order valence-electron chi connectivity index (χ4n) is 7.90. The fraction of sp³-hybridized carbons (Fsp3) is 0.778. The Balaban J connectivity index is 1.44. The lowest BCUT2D eigenvalue weighted by molar-refractivity contribution is -0.193. The van der Waals surface area contributed by atoms with Crippen LogP contribution in [0.4, 0.5) is 0 Å². The van der Waals surface area contributed by atoms with Crippen molar-refractivity contribution in [3.8, 4) is 0 Å². The molecule has 6 nitrogen and oxygen atoms in total. The molecule has 7 fully saturated rings. The summed E-state index contributed by atoms with van der Waals surface area (Å²) >= 11 is 0. The predicted octanol–water partition coefficient (Wildman–Crippen LogP) is 0.930. The Labute approximate surface area is 138 Å². The van der Waals surface area contributed by atoms with Crippen LogP contribution in [-0.4, -0.2) is 23.9 Å². The third-order valence-corrected chi connectivity index (χ3v) is 8.22. The highest BCUT2D eigenvalue weighted by molar-refractivity contribution is 5.98. The highest BCUT2D eigenvalue weighted by atomic mass is 16.6. The highest BCUT2D eigenvalue weighted by Crippen LogP contribution is 2.72. The smallest absolute Gasteiger partial charge is 0.317 e. The zero-order chi connectivity index (χ0) is 16.3. The maximum absolute atomic E-state index is 12.4. The van der Waals surface area contributed by atoms with Crippen LogP contribution < -0.4 is 0 Å². The largest absolute Gasteiger partial charge is 0.393 e. The topological polar surface area (TPSA) is 86.7 Å². The van der Waals surface area contributed by atoms with Gasteiger partial charge in [-0.2, -0.15) is 0 Å². The van der Waals surface area contributed by atoms with Crippen molar-refractivity contribution in [3.05, 3.63) is 0 Å². The van der Waals surface area contributed by atoms with Crippen LogP contribution in [0.15, 0.2) is 0 Å². The second-order valence-corrected chi connectivity index (χ2v) is 8.60. The van der Waals surface area contributed by atoms with E-state index in [1.807, 2.05) is 0 Å². The second-order valence-electron chi connectivity index (χ2n) is 8.60. The molecule has 9 unspecified atom stereocenters. The third kappa shape index (κ3) is 1.33. The highest BCUT2D eigenvalue weighted by Gasteiger charge is 2.73. The van der Waals surface area contributed by atoms with Gasteiger partial charge in [-0.15, -0.1) is 0 Å². The van der Waals surface area contributed by atoms with Crippen molar-refractivity contribution in [2.24, 2.45) is 59.2 Å². The van der Waals surface area contributed by atoms with E-state index in [4.69, 9.17) is 9.47 Å². The second kappa shape index (κ2) is 4.09. The van der Waals surface area contributed by atoms with Gasteiger partial charge in [0.1, 0.15) is 0 Å². The summed E-state index contributed by atoms with van der Waals surface area (Å²) in [6, 6.07) is 0. The molecule has 24 heavy (non-hydrogen) atoms. The molecule has 0 aromatic rings. The van der Waals surface area contributed by atoms with E-state index in [0.29, 0.717) is 24.2 Å². The zero-order valence-electron chi connectivity index (χ0n) is 13.1. The minimum Gasteiger partial charge on any atom is -0.393 e. The first kappa shape index (κ1) is 13.6. The molecule has 7 aliphatic rings. The van der Waals surface area contributed by atoms with E-state index in [0.717, 1.165) is 19.3 Å². The molecule has 2 saturated heterocycles. The van der Waals surface area contributed by atoms with E-state index in [1.54, 1.807) is 0 Å². The first-order valence-electron chi connectivity index (χ1n) is 9.06. The average Bonchev–Trinajstić information content (AvgIpc) is 3.19. The summed E-state index contributed by atoms with van der Waals surface area (Å²) in [5, 5.41) is 0. The maximum atomic E-state index is 12.4. The Bertz CT molecular complexity index is 712. The van der Waals surface area contributed by atoms with E-state index in [9.17, 15) is 19.2 Å². The standard InChI is InChI=1S/C18H18O6/c19-10-4-7-5-1-2-6(13(7)16(20)23-10)12-9-3-8(11(5)12)14-15(9)18(22)24-17(14)21/h5-9,11-15H,1-4H2/t5?,6?,7?,8-,9?,11?,12?,13?,14?,15?/m1/s1. The lowest BCUT2D eigenvalue weighted by Gasteiger charge is -2.59. The van der Waals surface area contributed by atoms with E-state index in [-0.39, 0.29) is 59.3 Å². The summed E-state index contributed by atoms with van der Waals surface area (Å²) in [4.78, 5) is 48.5. The zero-order valence-corrected chi connectivity index (χ0v) is 13.1. The van der Waals surface area contributed by atoms with Crippen molar-refractivity contribution in [1.82, 2.24) is 0 Å². The van der Waals surface area contributed by atoms with Gasteiger partial charge in [-0.25, -0.2) is 0 Å². The lowest BCUT2D eigenvalue weighted by atomic mass is 9.45. The van der Waals surface area contributed by atoms with Crippen molar-refractivity contribution in [2.75, 3.05) is 0 Å².